The van der Waals surface area contributed by atoms with Gasteiger partial charge in [-0.1, -0.05) is 13.0 Å². The largest absolute Gasteiger partial charge is 0.508 e. The minimum atomic E-state index is -0.484. The van der Waals surface area contributed by atoms with E-state index in [-0.39, 0.29) is 23.7 Å². The summed E-state index contributed by atoms with van der Waals surface area (Å²) in [5.74, 6) is -0.682. The van der Waals surface area contributed by atoms with Gasteiger partial charge in [-0.25, -0.2) is 4.39 Å². The molecule has 1 rings (SSSR count). The quantitative estimate of drug-likeness (QED) is 0.740. The van der Waals surface area contributed by atoms with Crippen LogP contribution in [0.1, 0.15) is 38.8 Å². The van der Waals surface area contributed by atoms with Crippen molar-refractivity contribution in [2.75, 3.05) is 6.54 Å². The lowest BCUT2D eigenvalue weighted by Gasteiger charge is -2.20. The molecule has 1 aromatic carbocycles. The van der Waals surface area contributed by atoms with E-state index < -0.39 is 5.82 Å². The van der Waals surface area contributed by atoms with Gasteiger partial charge in [0.15, 0.2) is 0 Å². The van der Waals surface area contributed by atoms with Gasteiger partial charge in [0.25, 0.3) is 0 Å². The third-order valence-corrected chi connectivity index (χ3v) is 2.90. The fourth-order valence-corrected chi connectivity index (χ4v) is 1.82. The molecule has 0 radical (unpaired) electrons. The van der Waals surface area contributed by atoms with Crippen molar-refractivity contribution in [3.8, 4) is 5.75 Å². The van der Waals surface area contributed by atoms with Crippen LogP contribution >= 0.6 is 0 Å². The summed E-state index contributed by atoms with van der Waals surface area (Å²) in [6.45, 7) is 6.19. The number of carbonyl (C=O) groups is 1. The number of nitrogens with one attached hydrogen (secondary N) is 2. The number of phenols is 1. The zero-order valence-corrected chi connectivity index (χ0v) is 11.5. The van der Waals surface area contributed by atoms with Crippen LogP contribution < -0.4 is 10.6 Å². The van der Waals surface area contributed by atoms with Crippen molar-refractivity contribution < 1.29 is 14.3 Å². The Morgan fingerprint density at radius 2 is 2.11 bits per heavy atom. The summed E-state index contributed by atoms with van der Waals surface area (Å²) >= 11 is 0. The maximum absolute atomic E-state index is 12.9. The predicted molar refractivity (Wildman–Crippen MR) is 72.4 cm³/mol. The highest BCUT2D eigenvalue weighted by Gasteiger charge is 2.17. The molecule has 5 heteroatoms. The van der Waals surface area contributed by atoms with E-state index in [1.165, 1.54) is 12.1 Å². The summed E-state index contributed by atoms with van der Waals surface area (Å²) in [4.78, 5) is 11.7. The molecule has 0 saturated carbocycles. The fraction of sp³-hybridized carbons (Fsp3) is 0.500. The summed E-state index contributed by atoms with van der Waals surface area (Å²) < 4.78 is 12.9. The van der Waals surface area contributed by atoms with Crippen molar-refractivity contribution in [1.82, 2.24) is 10.6 Å². The molecule has 1 aromatic rings. The lowest BCUT2D eigenvalue weighted by Crippen LogP contribution is -2.43. The van der Waals surface area contributed by atoms with Crippen LogP contribution in [0, 0.1) is 5.82 Å². The molecule has 2 unspecified atom stereocenters. The third-order valence-electron chi connectivity index (χ3n) is 2.90. The Hall–Kier alpha value is -1.62. The van der Waals surface area contributed by atoms with Crippen molar-refractivity contribution in [3.05, 3.63) is 29.6 Å². The normalized spacial score (nSPS) is 13.9. The topological polar surface area (TPSA) is 61.4 Å². The van der Waals surface area contributed by atoms with E-state index in [9.17, 15) is 14.3 Å². The molecule has 0 aliphatic rings. The molecule has 0 aliphatic carbocycles. The molecule has 0 heterocycles. The molecule has 0 bridgehead atoms. The van der Waals surface area contributed by atoms with Gasteiger partial charge in [-0.2, -0.15) is 0 Å². The lowest BCUT2D eigenvalue weighted by atomic mass is 10.1. The zero-order chi connectivity index (χ0) is 14.4. The van der Waals surface area contributed by atoms with Gasteiger partial charge in [0.1, 0.15) is 11.6 Å². The SMILES string of the molecule is CCCNC(=O)C(C)NC(C)c1ccc(F)cc1O. The van der Waals surface area contributed by atoms with Crippen LogP contribution in [0.25, 0.3) is 0 Å². The van der Waals surface area contributed by atoms with Crippen LogP contribution in [-0.4, -0.2) is 23.6 Å². The van der Waals surface area contributed by atoms with Gasteiger partial charge in [-0.15, -0.1) is 0 Å². The summed E-state index contributed by atoms with van der Waals surface area (Å²) in [5.41, 5.74) is 0.566. The minimum absolute atomic E-state index is 0.0877. The Balaban J connectivity index is 2.63. The van der Waals surface area contributed by atoms with E-state index in [1.807, 2.05) is 13.8 Å². The third kappa shape index (κ3) is 4.52. The molecule has 2 atom stereocenters. The lowest BCUT2D eigenvalue weighted by molar-refractivity contribution is -0.122. The fourth-order valence-electron chi connectivity index (χ4n) is 1.82. The minimum Gasteiger partial charge on any atom is -0.508 e. The first-order chi connectivity index (χ1) is 8.95. The van der Waals surface area contributed by atoms with Crippen LogP contribution in [-0.2, 0) is 4.79 Å². The first kappa shape index (κ1) is 15.4. The van der Waals surface area contributed by atoms with Gasteiger partial charge in [-0.05, 0) is 26.3 Å². The summed E-state index contributed by atoms with van der Waals surface area (Å²) in [6.07, 6.45) is 0.882. The Morgan fingerprint density at radius 3 is 2.68 bits per heavy atom. The van der Waals surface area contributed by atoms with Gasteiger partial charge in [-0.3, -0.25) is 10.1 Å². The number of aromatic hydroxyl groups is 1. The molecule has 0 spiro atoms. The monoisotopic (exact) mass is 268 g/mol. The number of phenolic OH excluding ortho intramolecular Hbond substituents is 1. The standard InChI is InChI=1S/C14H21FN2O2/c1-4-7-16-14(19)10(3)17-9(2)12-6-5-11(15)8-13(12)18/h5-6,8-10,17-18H,4,7H2,1-3H3,(H,16,19). The number of benzene rings is 1. The molecule has 0 aromatic heterocycles. The van der Waals surface area contributed by atoms with E-state index in [2.05, 4.69) is 10.6 Å². The predicted octanol–water partition coefficient (Wildman–Crippen LogP) is 2.10. The molecule has 1 amide bonds. The van der Waals surface area contributed by atoms with Gasteiger partial charge in [0, 0.05) is 24.2 Å². The Morgan fingerprint density at radius 1 is 1.42 bits per heavy atom. The van der Waals surface area contributed by atoms with Crippen LogP contribution in [0.4, 0.5) is 4.39 Å². The highest BCUT2D eigenvalue weighted by molar-refractivity contribution is 5.81. The number of hydrogen-bond acceptors (Lipinski definition) is 3. The van der Waals surface area contributed by atoms with Gasteiger partial charge in [0.05, 0.1) is 6.04 Å². The molecule has 3 N–H and O–H groups in total. The number of halogens is 1. The summed E-state index contributed by atoms with van der Waals surface area (Å²) in [6, 6.07) is 3.23. The van der Waals surface area contributed by atoms with E-state index in [1.54, 1.807) is 6.92 Å². The highest BCUT2D eigenvalue weighted by atomic mass is 19.1. The first-order valence-corrected chi connectivity index (χ1v) is 6.47. The van der Waals surface area contributed by atoms with Crippen LogP contribution in [0.15, 0.2) is 18.2 Å². The van der Waals surface area contributed by atoms with Gasteiger partial charge >= 0.3 is 0 Å². The van der Waals surface area contributed by atoms with Gasteiger partial charge in [0.2, 0.25) is 5.91 Å². The zero-order valence-electron chi connectivity index (χ0n) is 11.5. The Kier molecular flexibility index (Phi) is 5.76. The average molecular weight is 268 g/mol. The second kappa shape index (κ2) is 7.09. The Bertz CT molecular complexity index is 437. The smallest absolute Gasteiger partial charge is 0.236 e. The van der Waals surface area contributed by atoms with Crippen LogP contribution in [0.2, 0.25) is 0 Å². The second-order valence-electron chi connectivity index (χ2n) is 4.60. The number of amides is 1. The van der Waals surface area contributed by atoms with Crippen molar-refractivity contribution in [3.63, 3.8) is 0 Å². The maximum Gasteiger partial charge on any atom is 0.236 e. The molecule has 106 valence electrons. The van der Waals surface area contributed by atoms with Gasteiger partial charge < -0.3 is 10.4 Å². The number of carbonyl (C=O) groups excluding carboxylic acids is 1. The van der Waals surface area contributed by atoms with Crippen molar-refractivity contribution >= 4 is 5.91 Å². The average Bonchev–Trinajstić information content (AvgIpc) is 2.35. The van der Waals surface area contributed by atoms with Crippen molar-refractivity contribution in [2.45, 2.75) is 39.3 Å². The molecular formula is C14H21FN2O2. The first-order valence-electron chi connectivity index (χ1n) is 6.47. The van der Waals surface area contributed by atoms with E-state index in [4.69, 9.17) is 0 Å². The van der Waals surface area contributed by atoms with E-state index >= 15 is 0 Å². The molecular weight excluding hydrogens is 247 g/mol. The summed E-state index contributed by atoms with van der Waals surface area (Å²) in [5, 5.41) is 15.5. The summed E-state index contributed by atoms with van der Waals surface area (Å²) in [7, 11) is 0. The molecule has 0 aliphatic heterocycles. The molecule has 4 nitrogen and oxygen atoms in total. The highest BCUT2D eigenvalue weighted by Crippen LogP contribution is 2.24. The molecule has 0 fully saturated rings. The van der Waals surface area contributed by atoms with Crippen molar-refractivity contribution in [1.29, 1.82) is 0 Å². The Labute approximate surface area is 113 Å². The number of rotatable bonds is 6. The molecule has 19 heavy (non-hydrogen) atoms. The van der Waals surface area contributed by atoms with E-state index in [0.717, 1.165) is 12.5 Å². The maximum atomic E-state index is 12.9. The van der Waals surface area contributed by atoms with Crippen molar-refractivity contribution in [2.24, 2.45) is 0 Å². The van der Waals surface area contributed by atoms with E-state index in [0.29, 0.717) is 12.1 Å². The van der Waals surface area contributed by atoms with Crippen LogP contribution in [0.3, 0.4) is 0 Å². The molecule has 0 saturated heterocycles. The second-order valence-corrected chi connectivity index (χ2v) is 4.60. The number of hydrogen-bond donors (Lipinski definition) is 3. The van der Waals surface area contributed by atoms with Crippen LogP contribution in [0.5, 0.6) is 5.75 Å².